The number of esters is 4. The van der Waals surface area contributed by atoms with Crippen LogP contribution in [0, 0.1) is 5.92 Å². The SMILES string of the molecule is CCCCCCCCCCCCCCCCCCCCCCCCC(=O)O[C@H](COC(=O)CCCCCCCCCCCCCCCCCCCC)COP(=O)(O)OC[C@@H](O)COP(=O)(O)OC[C@@H](COC(=O)CCCCCCCCCCCCC)OC(=O)CCCCCCCCCCCCCC(C)C. The first-order valence-electron chi connectivity index (χ1n) is 44.6. The van der Waals surface area contributed by atoms with Gasteiger partial charge in [0.25, 0.3) is 0 Å². The molecule has 0 aliphatic rings. The van der Waals surface area contributed by atoms with Crippen molar-refractivity contribution in [3.8, 4) is 0 Å². The molecule has 0 fully saturated rings. The molecule has 2 unspecified atom stereocenters. The summed E-state index contributed by atoms with van der Waals surface area (Å²) in [5.41, 5.74) is 0. The third-order valence-electron chi connectivity index (χ3n) is 20.3. The van der Waals surface area contributed by atoms with Gasteiger partial charge < -0.3 is 33.8 Å². The summed E-state index contributed by atoms with van der Waals surface area (Å²) < 4.78 is 68.9. The highest BCUT2D eigenvalue weighted by molar-refractivity contribution is 7.47. The van der Waals surface area contributed by atoms with E-state index in [1.165, 1.54) is 289 Å². The van der Waals surface area contributed by atoms with Crippen LogP contribution in [0.3, 0.4) is 0 Å². The van der Waals surface area contributed by atoms with E-state index in [2.05, 4.69) is 34.6 Å². The number of phosphoric acid groups is 2. The van der Waals surface area contributed by atoms with Crippen molar-refractivity contribution >= 4 is 39.5 Å². The first-order chi connectivity index (χ1) is 51.0. The second-order valence-corrected chi connectivity index (χ2v) is 34.3. The van der Waals surface area contributed by atoms with Crippen molar-refractivity contribution in [2.24, 2.45) is 5.92 Å². The fourth-order valence-electron chi connectivity index (χ4n) is 13.5. The van der Waals surface area contributed by atoms with Crippen molar-refractivity contribution < 1.29 is 80.2 Å². The first-order valence-corrected chi connectivity index (χ1v) is 47.6. The van der Waals surface area contributed by atoms with Gasteiger partial charge in [-0.1, -0.05) is 413 Å². The summed E-state index contributed by atoms with van der Waals surface area (Å²) in [6.45, 7) is 7.36. The Morgan fingerprint density at radius 2 is 0.438 bits per heavy atom. The largest absolute Gasteiger partial charge is 0.472 e. The van der Waals surface area contributed by atoms with Gasteiger partial charge in [-0.05, 0) is 31.6 Å². The van der Waals surface area contributed by atoms with Crippen molar-refractivity contribution in [1.29, 1.82) is 0 Å². The van der Waals surface area contributed by atoms with Crippen LogP contribution in [-0.2, 0) is 65.4 Å². The van der Waals surface area contributed by atoms with Crippen LogP contribution in [0.4, 0.5) is 0 Å². The van der Waals surface area contributed by atoms with E-state index in [0.717, 1.165) is 95.8 Å². The molecular weight excluding hydrogens is 1370 g/mol. The maximum atomic E-state index is 13.1. The van der Waals surface area contributed by atoms with Gasteiger partial charge in [-0.25, -0.2) is 9.13 Å². The van der Waals surface area contributed by atoms with E-state index in [1.807, 2.05) is 0 Å². The highest BCUT2D eigenvalue weighted by Crippen LogP contribution is 2.45. The van der Waals surface area contributed by atoms with Gasteiger partial charge in [0, 0.05) is 25.7 Å². The molecule has 5 atom stereocenters. The third kappa shape index (κ3) is 79.9. The van der Waals surface area contributed by atoms with Crippen LogP contribution < -0.4 is 0 Å². The maximum Gasteiger partial charge on any atom is 0.472 e. The predicted octanol–water partition coefficient (Wildman–Crippen LogP) is 26.4. The van der Waals surface area contributed by atoms with Crippen LogP contribution in [0.5, 0.6) is 0 Å². The van der Waals surface area contributed by atoms with Crippen LogP contribution in [-0.4, -0.2) is 96.7 Å². The summed E-state index contributed by atoms with van der Waals surface area (Å²) in [6.07, 6.45) is 72.3. The maximum absolute atomic E-state index is 13.1. The van der Waals surface area contributed by atoms with Gasteiger partial charge in [0.05, 0.1) is 26.4 Å². The van der Waals surface area contributed by atoms with E-state index < -0.39 is 97.5 Å². The summed E-state index contributed by atoms with van der Waals surface area (Å²) in [5, 5.41) is 10.7. The molecule has 0 amide bonds. The average Bonchev–Trinajstić information content (AvgIpc) is 0.908. The Balaban J connectivity index is 5.22. The molecule has 0 spiro atoms. The fourth-order valence-corrected chi connectivity index (χ4v) is 15.1. The van der Waals surface area contributed by atoms with Gasteiger partial charge in [-0.15, -0.1) is 0 Å². The van der Waals surface area contributed by atoms with Crippen molar-refractivity contribution in [3.05, 3.63) is 0 Å². The molecular formula is C86H168O17P2. The number of rotatable bonds is 86. The molecule has 624 valence electrons. The van der Waals surface area contributed by atoms with E-state index in [1.54, 1.807) is 0 Å². The number of hydrogen-bond acceptors (Lipinski definition) is 15. The Hall–Kier alpha value is -1.94. The molecule has 0 saturated heterocycles. The molecule has 19 heteroatoms. The van der Waals surface area contributed by atoms with Crippen molar-refractivity contribution in [3.63, 3.8) is 0 Å². The number of ether oxygens (including phenoxy) is 4. The van der Waals surface area contributed by atoms with Crippen molar-refractivity contribution in [1.82, 2.24) is 0 Å². The zero-order chi connectivity index (χ0) is 76.9. The number of aliphatic hydroxyl groups is 1. The van der Waals surface area contributed by atoms with E-state index in [4.69, 9.17) is 37.0 Å². The lowest BCUT2D eigenvalue weighted by atomic mass is 10.0. The number of unbranched alkanes of at least 4 members (excludes halogenated alkanes) is 58. The number of carbonyl (C=O) groups excluding carboxylic acids is 4. The van der Waals surface area contributed by atoms with Gasteiger partial charge in [-0.2, -0.15) is 0 Å². The van der Waals surface area contributed by atoms with Crippen LogP contribution in [0.15, 0.2) is 0 Å². The topological polar surface area (TPSA) is 237 Å². The molecule has 0 saturated carbocycles. The van der Waals surface area contributed by atoms with Gasteiger partial charge in [-0.3, -0.25) is 37.3 Å². The molecule has 0 radical (unpaired) electrons. The minimum atomic E-state index is -4.97. The van der Waals surface area contributed by atoms with Crippen LogP contribution >= 0.6 is 15.6 Å². The summed E-state index contributed by atoms with van der Waals surface area (Å²) in [6, 6.07) is 0. The zero-order valence-corrected chi connectivity index (χ0v) is 70.7. The Kier molecular flexibility index (Phi) is 77.3. The van der Waals surface area contributed by atoms with E-state index in [0.29, 0.717) is 25.7 Å². The number of carbonyl (C=O) groups is 4. The molecule has 0 aromatic carbocycles. The first kappa shape index (κ1) is 103. The monoisotopic (exact) mass is 1540 g/mol. The highest BCUT2D eigenvalue weighted by Gasteiger charge is 2.30. The minimum absolute atomic E-state index is 0.107. The Bertz CT molecular complexity index is 2000. The molecule has 0 bridgehead atoms. The lowest BCUT2D eigenvalue weighted by Crippen LogP contribution is -2.30. The van der Waals surface area contributed by atoms with Gasteiger partial charge >= 0.3 is 39.5 Å². The second-order valence-electron chi connectivity index (χ2n) is 31.4. The smallest absolute Gasteiger partial charge is 0.462 e. The van der Waals surface area contributed by atoms with E-state index in [9.17, 15) is 43.2 Å². The molecule has 0 aliphatic carbocycles. The number of phosphoric ester groups is 2. The third-order valence-corrected chi connectivity index (χ3v) is 22.2. The molecule has 0 rings (SSSR count). The van der Waals surface area contributed by atoms with Crippen LogP contribution in [0.2, 0.25) is 0 Å². The molecule has 0 aromatic heterocycles. The summed E-state index contributed by atoms with van der Waals surface area (Å²) >= 11 is 0. The molecule has 0 heterocycles. The number of aliphatic hydroxyl groups excluding tert-OH is 1. The molecule has 3 N–H and O–H groups in total. The molecule has 17 nitrogen and oxygen atoms in total. The quantitative estimate of drug-likeness (QED) is 0.0222. The fraction of sp³-hybridized carbons (Fsp3) is 0.953. The van der Waals surface area contributed by atoms with Gasteiger partial charge in [0.1, 0.15) is 19.3 Å². The lowest BCUT2D eigenvalue weighted by Gasteiger charge is -2.21. The number of hydrogen-bond donors (Lipinski definition) is 3. The molecule has 0 aliphatic heterocycles. The van der Waals surface area contributed by atoms with Gasteiger partial charge in [0.15, 0.2) is 12.2 Å². The lowest BCUT2D eigenvalue weighted by molar-refractivity contribution is -0.161. The highest BCUT2D eigenvalue weighted by atomic mass is 31.2. The summed E-state index contributed by atoms with van der Waals surface area (Å²) in [7, 11) is -9.93. The van der Waals surface area contributed by atoms with E-state index >= 15 is 0 Å². The van der Waals surface area contributed by atoms with Crippen LogP contribution in [0.1, 0.15) is 465 Å². The summed E-state index contributed by atoms with van der Waals surface area (Å²) in [5.74, 6) is -1.33. The Morgan fingerprint density at radius 1 is 0.257 bits per heavy atom. The second kappa shape index (κ2) is 78.7. The summed E-state index contributed by atoms with van der Waals surface area (Å²) in [4.78, 5) is 73.2. The zero-order valence-electron chi connectivity index (χ0n) is 68.9. The van der Waals surface area contributed by atoms with E-state index in [-0.39, 0.29) is 25.7 Å². The average molecular weight is 1540 g/mol. The normalized spacial score (nSPS) is 13.8. The van der Waals surface area contributed by atoms with Gasteiger partial charge in [0.2, 0.25) is 0 Å². The Labute approximate surface area is 645 Å². The minimum Gasteiger partial charge on any atom is -0.462 e. The molecule has 0 aromatic rings. The Morgan fingerprint density at radius 3 is 0.648 bits per heavy atom. The van der Waals surface area contributed by atoms with Crippen molar-refractivity contribution in [2.45, 2.75) is 483 Å². The predicted molar refractivity (Wildman–Crippen MR) is 432 cm³/mol. The molecule has 105 heavy (non-hydrogen) atoms. The van der Waals surface area contributed by atoms with Crippen LogP contribution in [0.25, 0.3) is 0 Å². The standard InChI is InChI=1S/C86H168O17P2/c1-6-9-12-15-18-21-24-26-28-30-32-33-34-35-37-39-41-46-51-56-61-66-71-85(90)102-82(76-97-84(89)70-65-60-55-50-45-40-38-36-31-29-27-25-22-19-16-13-10-7-2)78-101-105(94,95)99-74-80(87)73-98-104(92,93)100-77-81(75-96-83(88)69-64-59-54-49-43-23-20-17-14-11-8-3)103-86(91)72-67-62-57-52-47-42-44-48-53-58-63-68-79(4)5/h79-82,87H,6-78H2,1-5H3,(H,92,93)(H,94,95)/t80-,81+,82+/m0/s1. The van der Waals surface area contributed by atoms with Crippen molar-refractivity contribution in [2.75, 3.05) is 39.6 Å².